The molecule has 1 aromatic heterocycles. The number of thioether (sulfide) groups is 1. The van der Waals surface area contributed by atoms with E-state index in [4.69, 9.17) is 4.74 Å². The molecule has 1 aliphatic heterocycles. The second-order valence-electron chi connectivity index (χ2n) is 8.20. The number of benzene rings is 1. The molecular formula is C22H25N3O3S. The van der Waals surface area contributed by atoms with Gasteiger partial charge in [0.05, 0.1) is 18.6 Å². The van der Waals surface area contributed by atoms with Crippen molar-refractivity contribution in [3.63, 3.8) is 0 Å². The van der Waals surface area contributed by atoms with Gasteiger partial charge in [-0.1, -0.05) is 50.7 Å². The highest BCUT2D eigenvalue weighted by Crippen LogP contribution is 2.49. The van der Waals surface area contributed by atoms with Crippen molar-refractivity contribution in [3.05, 3.63) is 57.0 Å². The average Bonchev–Trinajstić information content (AvgIpc) is 2.65. The number of hydrogen-bond donors (Lipinski definition) is 2. The summed E-state index contributed by atoms with van der Waals surface area (Å²) in [4.78, 5) is 33.9. The molecule has 152 valence electrons. The Morgan fingerprint density at radius 1 is 1.24 bits per heavy atom. The van der Waals surface area contributed by atoms with Crippen LogP contribution in [-0.2, 0) is 4.79 Å². The first-order valence-electron chi connectivity index (χ1n) is 9.78. The van der Waals surface area contributed by atoms with Crippen LogP contribution in [0.2, 0.25) is 0 Å². The normalized spacial score (nSPS) is 20.0. The minimum absolute atomic E-state index is 0.0664. The molecule has 1 atom stereocenters. The van der Waals surface area contributed by atoms with Gasteiger partial charge in [-0.3, -0.25) is 9.59 Å². The van der Waals surface area contributed by atoms with E-state index in [2.05, 4.69) is 29.1 Å². The predicted molar refractivity (Wildman–Crippen MR) is 115 cm³/mol. The molecule has 29 heavy (non-hydrogen) atoms. The van der Waals surface area contributed by atoms with Crippen LogP contribution in [0.5, 0.6) is 5.75 Å². The molecule has 0 saturated carbocycles. The molecule has 2 aromatic rings. The molecule has 2 N–H and O–H groups in total. The molecule has 0 saturated heterocycles. The van der Waals surface area contributed by atoms with Crippen LogP contribution in [0.3, 0.4) is 0 Å². The average molecular weight is 412 g/mol. The highest BCUT2D eigenvalue weighted by atomic mass is 32.2. The summed E-state index contributed by atoms with van der Waals surface area (Å²) >= 11 is 1.48. The fraction of sp³-hybridized carbons (Fsp3) is 0.409. The highest BCUT2D eigenvalue weighted by Gasteiger charge is 2.43. The van der Waals surface area contributed by atoms with Gasteiger partial charge in [-0.15, -0.1) is 0 Å². The number of allylic oxidation sites excluding steroid dienone is 2. The lowest BCUT2D eigenvalue weighted by atomic mass is 9.69. The summed E-state index contributed by atoms with van der Waals surface area (Å²) in [6.45, 7) is 6.19. The van der Waals surface area contributed by atoms with Gasteiger partial charge < -0.3 is 15.0 Å². The lowest BCUT2D eigenvalue weighted by Gasteiger charge is -2.38. The molecule has 0 spiro atoms. The molecule has 2 aliphatic rings. The van der Waals surface area contributed by atoms with Gasteiger partial charge in [0, 0.05) is 23.3 Å². The molecule has 7 heteroatoms. The van der Waals surface area contributed by atoms with Crippen LogP contribution in [0.15, 0.2) is 45.5 Å². The van der Waals surface area contributed by atoms with Gasteiger partial charge in [0.2, 0.25) is 0 Å². The largest absolute Gasteiger partial charge is 0.496 e. The molecule has 0 fully saturated rings. The summed E-state index contributed by atoms with van der Waals surface area (Å²) in [7, 11) is 1.60. The van der Waals surface area contributed by atoms with Gasteiger partial charge in [-0.25, -0.2) is 4.98 Å². The summed E-state index contributed by atoms with van der Waals surface area (Å²) in [6.07, 6.45) is 1.17. The first-order valence-corrected chi connectivity index (χ1v) is 10.8. The molecular weight excluding hydrogens is 386 g/mol. The number of methoxy groups -OCH3 is 1. The molecule has 0 amide bonds. The topological polar surface area (TPSA) is 84.1 Å². The predicted octanol–water partition coefficient (Wildman–Crippen LogP) is 4.09. The molecule has 1 aliphatic carbocycles. The minimum Gasteiger partial charge on any atom is -0.496 e. The van der Waals surface area contributed by atoms with Crippen LogP contribution >= 0.6 is 11.8 Å². The Morgan fingerprint density at radius 3 is 2.72 bits per heavy atom. The number of nitrogens with zero attached hydrogens (tertiary/aromatic N) is 1. The molecule has 2 heterocycles. The summed E-state index contributed by atoms with van der Waals surface area (Å²) in [6, 6.07) is 7.57. The van der Waals surface area contributed by atoms with E-state index >= 15 is 0 Å². The number of nitrogens with one attached hydrogen (secondary N) is 2. The Morgan fingerprint density at radius 2 is 2.00 bits per heavy atom. The van der Waals surface area contributed by atoms with Crippen molar-refractivity contribution in [1.29, 1.82) is 0 Å². The van der Waals surface area contributed by atoms with E-state index in [0.717, 1.165) is 23.4 Å². The molecule has 1 aromatic carbocycles. The number of aromatic nitrogens is 2. The second-order valence-corrected chi connectivity index (χ2v) is 9.45. The van der Waals surface area contributed by atoms with E-state index in [-0.39, 0.29) is 16.8 Å². The first kappa shape index (κ1) is 19.8. The van der Waals surface area contributed by atoms with Gasteiger partial charge >= 0.3 is 0 Å². The van der Waals surface area contributed by atoms with Gasteiger partial charge in [0.15, 0.2) is 10.9 Å². The van der Waals surface area contributed by atoms with Crippen LogP contribution in [0.1, 0.15) is 50.7 Å². The Kier molecular flexibility index (Phi) is 5.02. The highest BCUT2D eigenvalue weighted by molar-refractivity contribution is 7.99. The Bertz CT molecular complexity index is 1070. The quantitative estimate of drug-likeness (QED) is 0.582. The van der Waals surface area contributed by atoms with Crippen LogP contribution in [0, 0.1) is 5.41 Å². The number of rotatable bonds is 4. The van der Waals surface area contributed by atoms with Crippen LogP contribution < -0.4 is 15.6 Å². The van der Waals surface area contributed by atoms with E-state index in [1.54, 1.807) is 7.11 Å². The molecule has 0 radical (unpaired) electrons. The van der Waals surface area contributed by atoms with Gasteiger partial charge in [0.25, 0.3) is 5.56 Å². The maximum absolute atomic E-state index is 13.2. The number of ketones is 1. The zero-order valence-electron chi connectivity index (χ0n) is 17.1. The monoisotopic (exact) mass is 411 g/mol. The summed E-state index contributed by atoms with van der Waals surface area (Å²) in [5.74, 6) is 1.55. The van der Waals surface area contributed by atoms with E-state index in [1.165, 1.54) is 11.8 Å². The van der Waals surface area contributed by atoms with Crippen molar-refractivity contribution in [3.8, 4) is 5.75 Å². The number of hydrogen-bond acceptors (Lipinski definition) is 6. The summed E-state index contributed by atoms with van der Waals surface area (Å²) in [5.41, 5.74) is 2.43. The van der Waals surface area contributed by atoms with Crippen molar-refractivity contribution < 1.29 is 9.53 Å². The molecule has 6 nitrogen and oxygen atoms in total. The van der Waals surface area contributed by atoms with E-state index in [0.29, 0.717) is 34.3 Å². The third-order valence-corrected chi connectivity index (χ3v) is 6.19. The lowest BCUT2D eigenvalue weighted by molar-refractivity contribution is -0.118. The first-order chi connectivity index (χ1) is 13.8. The van der Waals surface area contributed by atoms with Crippen LogP contribution in [-0.4, -0.2) is 28.6 Å². The zero-order chi connectivity index (χ0) is 20.8. The van der Waals surface area contributed by atoms with Crippen molar-refractivity contribution in [2.75, 3.05) is 18.2 Å². The fourth-order valence-electron chi connectivity index (χ4n) is 4.31. The van der Waals surface area contributed by atoms with Crippen molar-refractivity contribution >= 4 is 23.4 Å². The number of carbonyl (C=O) groups is 1. The Labute approximate surface area is 174 Å². The summed E-state index contributed by atoms with van der Waals surface area (Å²) in [5, 5.41) is 3.91. The fourth-order valence-corrected chi connectivity index (χ4v) is 4.91. The van der Waals surface area contributed by atoms with Gasteiger partial charge in [-0.05, 0) is 23.7 Å². The lowest BCUT2D eigenvalue weighted by Crippen LogP contribution is -2.37. The smallest absolute Gasteiger partial charge is 0.257 e. The van der Waals surface area contributed by atoms with Crippen molar-refractivity contribution in [2.45, 2.75) is 44.7 Å². The zero-order valence-corrected chi connectivity index (χ0v) is 17.9. The maximum atomic E-state index is 13.2. The van der Waals surface area contributed by atoms with Gasteiger partial charge in [0.1, 0.15) is 11.6 Å². The maximum Gasteiger partial charge on any atom is 0.257 e. The van der Waals surface area contributed by atoms with Gasteiger partial charge in [-0.2, -0.15) is 0 Å². The van der Waals surface area contributed by atoms with Crippen molar-refractivity contribution in [2.24, 2.45) is 5.41 Å². The molecule has 1 unspecified atom stereocenters. The number of H-pyrrole nitrogens is 1. The number of para-hydroxylation sites is 1. The van der Waals surface area contributed by atoms with Crippen molar-refractivity contribution in [1.82, 2.24) is 9.97 Å². The Hall–Kier alpha value is -2.54. The third-order valence-electron chi connectivity index (χ3n) is 5.43. The second kappa shape index (κ2) is 7.37. The number of fused-ring (bicyclic) bond motifs is 1. The molecule has 0 bridgehead atoms. The van der Waals surface area contributed by atoms with E-state index < -0.39 is 5.92 Å². The standard InChI is InChI=1S/C22H25N3O3S/c1-5-29-21-24-19-18(20(27)25-21)16(12-8-6-7-9-15(12)28-4)17-13(23-19)10-22(2,3)11-14(17)26/h6-9,16H,5,10-11H2,1-4H3,(H2,23,24,25,27). The van der Waals surface area contributed by atoms with E-state index in [9.17, 15) is 9.59 Å². The Balaban J connectivity index is 1.99. The number of Topliss-reactive ketones (excluding diaryl/α,β-unsaturated/α-hetero) is 1. The summed E-state index contributed by atoms with van der Waals surface area (Å²) < 4.78 is 5.58. The molecule has 4 rings (SSSR count). The number of ether oxygens (including phenoxy) is 1. The third kappa shape index (κ3) is 3.48. The number of carbonyl (C=O) groups excluding carboxylic acids is 1. The number of aromatic amines is 1. The minimum atomic E-state index is -0.502. The van der Waals surface area contributed by atoms with Crippen LogP contribution in [0.25, 0.3) is 0 Å². The van der Waals surface area contributed by atoms with E-state index in [1.807, 2.05) is 31.2 Å². The van der Waals surface area contributed by atoms with Crippen LogP contribution in [0.4, 0.5) is 5.82 Å². The SMILES string of the molecule is CCSc1nc2c(c(=O)[nH]1)C(c1ccccc1OC)C1=C(CC(C)(C)CC1=O)N2. The number of anilines is 1.